The molecular formula is C13H21N3O. The lowest BCUT2D eigenvalue weighted by Gasteiger charge is -2.29. The molecule has 1 aromatic rings. The van der Waals surface area contributed by atoms with Crippen LogP contribution in [0.3, 0.4) is 0 Å². The third kappa shape index (κ3) is 3.60. The largest absolute Gasteiger partial charge is 0.481 e. The normalized spacial score (nSPS) is 21.2. The smallest absolute Gasteiger partial charge is 0.213 e. The van der Waals surface area contributed by atoms with Gasteiger partial charge in [-0.15, -0.1) is 0 Å². The molecule has 1 aromatic heterocycles. The van der Waals surface area contributed by atoms with E-state index in [1.807, 2.05) is 18.3 Å². The van der Waals surface area contributed by atoms with Crippen molar-refractivity contribution in [2.24, 2.45) is 5.92 Å². The van der Waals surface area contributed by atoms with Crippen LogP contribution in [0.25, 0.3) is 0 Å². The molecule has 0 spiro atoms. The number of rotatable bonds is 4. The number of hydrogen-bond donors (Lipinski definition) is 1. The summed E-state index contributed by atoms with van der Waals surface area (Å²) in [4.78, 5) is 6.59. The summed E-state index contributed by atoms with van der Waals surface area (Å²) >= 11 is 0. The monoisotopic (exact) mass is 235 g/mol. The SMILES string of the molecule is COc1ccc(NCC2CCCN(C)C2)cn1. The molecule has 1 aliphatic rings. The van der Waals surface area contributed by atoms with E-state index in [0.717, 1.165) is 18.2 Å². The fourth-order valence-electron chi connectivity index (χ4n) is 2.31. The van der Waals surface area contributed by atoms with E-state index in [-0.39, 0.29) is 0 Å². The Morgan fingerprint density at radius 1 is 1.53 bits per heavy atom. The van der Waals surface area contributed by atoms with Crippen LogP contribution in [0, 0.1) is 5.92 Å². The topological polar surface area (TPSA) is 37.4 Å². The number of hydrogen-bond acceptors (Lipinski definition) is 4. The van der Waals surface area contributed by atoms with Crippen LogP contribution < -0.4 is 10.1 Å². The molecule has 1 fully saturated rings. The van der Waals surface area contributed by atoms with Gasteiger partial charge in [0.15, 0.2) is 0 Å². The predicted octanol–water partition coefficient (Wildman–Crippen LogP) is 1.84. The van der Waals surface area contributed by atoms with Gasteiger partial charge in [-0.1, -0.05) is 0 Å². The van der Waals surface area contributed by atoms with Crippen molar-refractivity contribution in [1.82, 2.24) is 9.88 Å². The Kier molecular flexibility index (Phi) is 4.20. The van der Waals surface area contributed by atoms with Crippen LogP contribution in [-0.2, 0) is 0 Å². The lowest BCUT2D eigenvalue weighted by molar-refractivity contribution is 0.217. The summed E-state index contributed by atoms with van der Waals surface area (Å²) in [6.07, 6.45) is 4.45. The Labute approximate surface area is 103 Å². The summed E-state index contributed by atoms with van der Waals surface area (Å²) in [7, 11) is 3.83. The van der Waals surface area contributed by atoms with E-state index in [4.69, 9.17) is 4.74 Å². The van der Waals surface area contributed by atoms with Crippen LogP contribution in [0.5, 0.6) is 5.88 Å². The van der Waals surface area contributed by atoms with Crippen molar-refractivity contribution < 1.29 is 4.74 Å². The Hall–Kier alpha value is -1.29. The number of ether oxygens (including phenoxy) is 1. The van der Waals surface area contributed by atoms with Gasteiger partial charge in [0.05, 0.1) is 19.0 Å². The first-order valence-electron chi connectivity index (χ1n) is 6.20. The minimum Gasteiger partial charge on any atom is -0.481 e. The second kappa shape index (κ2) is 5.87. The first kappa shape index (κ1) is 12.2. The first-order valence-corrected chi connectivity index (χ1v) is 6.20. The molecule has 1 N–H and O–H groups in total. The van der Waals surface area contributed by atoms with E-state index >= 15 is 0 Å². The maximum atomic E-state index is 5.03. The van der Waals surface area contributed by atoms with Gasteiger partial charge < -0.3 is 15.0 Å². The van der Waals surface area contributed by atoms with Crippen LogP contribution in [0.15, 0.2) is 18.3 Å². The van der Waals surface area contributed by atoms with Crippen LogP contribution in [0.1, 0.15) is 12.8 Å². The van der Waals surface area contributed by atoms with Gasteiger partial charge in [0, 0.05) is 19.2 Å². The summed E-state index contributed by atoms with van der Waals surface area (Å²) in [6, 6.07) is 3.90. The summed E-state index contributed by atoms with van der Waals surface area (Å²) in [5.41, 5.74) is 1.07. The van der Waals surface area contributed by atoms with Gasteiger partial charge in [0.1, 0.15) is 0 Å². The highest BCUT2D eigenvalue weighted by Crippen LogP contribution is 2.17. The maximum Gasteiger partial charge on any atom is 0.213 e. The molecule has 0 radical (unpaired) electrons. The van der Waals surface area contributed by atoms with Crippen molar-refractivity contribution >= 4 is 5.69 Å². The number of aromatic nitrogens is 1. The molecule has 0 aliphatic carbocycles. The van der Waals surface area contributed by atoms with Crippen LogP contribution in [0.4, 0.5) is 5.69 Å². The molecule has 0 amide bonds. The molecule has 0 saturated carbocycles. The number of anilines is 1. The van der Waals surface area contributed by atoms with Crippen LogP contribution in [0.2, 0.25) is 0 Å². The van der Waals surface area contributed by atoms with Crippen molar-refractivity contribution in [2.75, 3.05) is 39.1 Å². The zero-order chi connectivity index (χ0) is 12.1. The first-order chi connectivity index (χ1) is 8.28. The molecular weight excluding hydrogens is 214 g/mol. The molecule has 0 bridgehead atoms. The van der Waals surface area contributed by atoms with Gasteiger partial charge in [-0.2, -0.15) is 0 Å². The maximum absolute atomic E-state index is 5.03. The van der Waals surface area contributed by atoms with E-state index < -0.39 is 0 Å². The molecule has 1 atom stereocenters. The quantitative estimate of drug-likeness (QED) is 0.864. The third-order valence-electron chi connectivity index (χ3n) is 3.26. The number of methoxy groups -OCH3 is 1. The molecule has 1 aliphatic heterocycles. The lowest BCUT2D eigenvalue weighted by Crippen LogP contribution is -2.35. The van der Waals surface area contributed by atoms with Gasteiger partial charge >= 0.3 is 0 Å². The fourth-order valence-corrected chi connectivity index (χ4v) is 2.31. The van der Waals surface area contributed by atoms with E-state index in [1.165, 1.54) is 25.9 Å². The average molecular weight is 235 g/mol. The van der Waals surface area contributed by atoms with Crippen LogP contribution >= 0.6 is 0 Å². The Balaban J connectivity index is 1.80. The minimum atomic E-state index is 0.660. The second-order valence-corrected chi connectivity index (χ2v) is 4.74. The van der Waals surface area contributed by atoms with E-state index in [9.17, 15) is 0 Å². The van der Waals surface area contributed by atoms with E-state index in [2.05, 4.69) is 22.2 Å². The van der Waals surface area contributed by atoms with Gasteiger partial charge in [-0.3, -0.25) is 0 Å². The van der Waals surface area contributed by atoms with Gasteiger partial charge in [0.25, 0.3) is 0 Å². The summed E-state index contributed by atoms with van der Waals surface area (Å²) in [5, 5.41) is 3.44. The Morgan fingerprint density at radius 2 is 2.41 bits per heavy atom. The van der Waals surface area contributed by atoms with Crippen molar-refractivity contribution in [1.29, 1.82) is 0 Å². The molecule has 2 rings (SSSR count). The van der Waals surface area contributed by atoms with Gasteiger partial charge in [0.2, 0.25) is 5.88 Å². The molecule has 4 nitrogen and oxygen atoms in total. The van der Waals surface area contributed by atoms with E-state index in [1.54, 1.807) is 7.11 Å². The summed E-state index contributed by atoms with van der Waals surface area (Å²) in [6.45, 7) is 3.45. The number of pyridine rings is 1. The van der Waals surface area contributed by atoms with E-state index in [0.29, 0.717) is 5.88 Å². The van der Waals surface area contributed by atoms with Crippen molar-refractivity contribution in [3.63, 3.8) is 0 Å². The number of piperidine rings is 1. The number of nitrogens with one attached hydrogen (secondary N) is 1. The lowest BCUT2D eigenvalue weighted by atomic mass is 9.98. The zero-order valence-corrected chi connectivity index (χ0v) is 10.6. The Bertz CT molecular complexity index is 339. The van der Waals surface area contributed by atoms with Gasteiger partial charge in [-0.25, -0.2) is 4.98 Å². The highest BCUT2D eigenvalue weighted by molar-refractivity contribution is 5.41. The molecule has 1 unspecified atom stereocenters. The highest BCUT2D eigenvalue weighted by atomic mass is 16.5. The number of likely N-dealkylation sites (tertiary alicyclic amines) is 1. The highest BCUT2D eigenvalue weighted by Gasteiger charge is 2.16. The molecule has 2 heterocycles. The molecule has 4 heteroatoms. The fraction of sp³-hybridized carbons (Fsp3) is 0.615. The molecule has 0 aromatic carbocycles. The number of nitrogens with zero attached hydrogens (tertiary/aromatic N) is 2. The summed E-state index contributed by atoms with van der Waals surface area (Å²) in [5.74, 6) is 1.41. The van der Waals surface area contributed by atoms with Crippen molar-refractivity contribution in [2.45, 2.75) is 12.8 Å². The third-order valence-corrected chi connectivity index (χ3v) is 3.26. The standard InChI is InChI=1S/C13H21N3O/c1-16-7-3-4-11(10-16)8-14-12-5-6-13(17-2)15-9-12/h5-6,9,11,14H,3-4,7-8,10H2,1-2H3. The Morgan fingerprint density at radius 3 is 3.06 bits per heavy atom. The second-order valence-electron chi connectivity index (χ2n) is 4.74. The van der Waals surface area contributed by atoms with Crippen molar-refractivity contribution in [3.05, 3.63) is 18.3 Å². The van der Waals surface area contributed by atoms with Gasteiger partial charge in [-0.05, 0) is 38.4 Å². The minimum absolute atomic E-state index is 0.660. The van der Waals surface area contributed by atoms with Crippen LogP contribution in [-0.4, -0.2) is 43.7 Å². The molecule has 94 valence electrons. The molecule has 17 heavy (non-hydrogen) atoms. The predicted molar refractivity (Wildman–Crippen MR) is 69.5 cm³/mol. The van der Waals surface area contributed by atoms with Crippen molar-refractivity contribution in [3.8, 4) is 5.88 Å². The zero-order valence-electron chi connectivity index (χ0n) is 10.6. The summed E-state index contributed by atoms with van der Waals surface area (Å²) < 4.78 is 5.03. The average Bonchev–Trinajstić information content (AvgIpc) is 2.37. The molecule has 1 saturated heterocycles.